The fraction of sp³-hybridized carbons (Fsp3) is 0.300. The van der Waals surface area contributed by atoms with Crippen molar-refractivity contribution < 1.29 is 31.1 Å². The van der Waals surface area contributed by atoms with Gasteiger partial charge in [-0.15, -0.1) is 6.58 Å². The van der Waals surface area contributed by atoms with Gasteiger partial charge in [-0.2, -0.15) is 13.2 Å². The Morgan fingerprint density at radius 3 is 2.11 bits per heavy atom. The molecule has 0 radical (unpaired) electrons. The molecule has 0 saturated heterocycles. The summed E-state index contributed by atoms with van der Waals surface area (Å²) < 4.78 is 88.8. The molecule has 0 aliphatic carbocycles. The summed E-state index contributed by atoms with van der Waals surface area (Å²) in [6, 6.07) is 3.61. The maximum absolute atomic E-state index is 14.3. The molecule has 2 aromatic carbocycles. The van der Waals surface area contributed by atoms with E-state index in [4.69, 9.17) is 0 Å². The number of aryl methyl sites for hydroxylation is 2. The van der Waals surface area contributed by atoms with Crippen LogP contribution in [0.1, 0.15) is 36.5 Å². The van der Waals surface area contributed by atoms with Crippen molar-refractivity contribution in [3.05, 3.63) is 76.9 Å². The van der Waals surface area contributed by atoms with Crippen molar-refractivity contribution in [2.24, 2.45) is 0 Å². The van der Waals surface area contributed by atoms with Crippen molar-refractivity contribution in [2.45, 2.75) is 38.7 Å². The minimum atomic E-state index is -4.40. The summed E-state index contributed by atoms with van der Waals surface area (Å²) in [6.07, 6.45) is -1.78. The van der Waals surface area contributed by atoms with Crippen LogP contribution in [0.25, 0.3) is 0 Å². The molecule has 0 spiro atoms. The Labute approximate surface area is 153 Å². The average Bonchev–Trinajstić information content (AvgIpc) is 2.62. The van der Waals surface area contributed by atoms with Crippen LogP contribution in [0.15, 0.2) is 36.9 Å². The van der Waals surface area contributed by atoms with Crippen LogP contribution in [0.4, 0.5) is 26.3 Å². The van der Waals surface area contributed by atoms with Crippen molar-refractivity contribution in [1.82, 2.24) is 0 Å². The number of ether oxygens (including phenoxy) is 1. The molecule has 7 heteroatoms. The van der Waals surface area contributed by atoms with Gasteiger partial charge in [-0.3, -0.25) is 0 Å². The standard InChI is InChI=1S/C20H18F6O/c1-3-5-7-13-8-10-14(18(23)16(13)21)20(25,26)27-15-11-9-12(6-4-2)17(22)19(15)24/h3,8-11H,1,4-7H2,2H3. The first-order chi connectivity index (χ1) is 12.7. The van der Waals surface area contributed by atoms with Gasteiger partial charge in [0.1, 0.15) is 5.56 Å². The van der Waals surface area contributed by atoms with Gasteiger partial charge in [0.25, 0.3) is 0 Å². The van der Waals surface area contributed by atoms with E-state index in [1.165, 1.54) is 6.08 Å². The molecular weight excluding hydrogens is 370 g/mol. The predicted octanol–water partition coefficient (Wildman–Crippen LogP) is 6.44. The van der Waals surface area contributed by atoms with Crippen molar-refractivity contribution >= 4 is 0 Å². The second-order valence-electron chi connectivity index (χ2n) is 5.95. The van der Waals surface area contributed by atoms with Crippen LogP contribution in [-0.4, -0.2) is 0 Å². The maximum Gasteiger partial charge on any atom is 0.429 e. The van der Waals surface area contributed by atoms with Gasteiger partial charge in [-0.1, -0.05) is 31.6 Å². The molecule has 0 bridgehead atoms. The van der Waals surface area contributed by atoms with Crippen LogP contribution in [-0.2, 0) is 19.0 Å². The van der Waals surface area contributed by atoms with Gasteiger partial charge in [-0.25, -0.2) is 13.2 Å². The Morgan fingerprint density at radius 2 is 1.48 bits per heavy atom. The lowest BCUT2D eigenvalue weighted by Gasteiger charge is -2.20. The summed E-state index contributed by atoms with van der Waals surface area (Å²) >= 11 is 0. The quantitative estimate of drug-likeness (QED) is 0.373. The van der Waals surface area contributed by atoms with Crippen LogP contribution >= 0.6 is 0 Å². The van der Waals surface area contributed by atoms with E-state index in [0.29, 0.717) is 18.9 Å². The fourth-order valence-corrected chi connectivity index (χ4v) is 2.57. The first-order valence-corrected chi connectivity index (χ1v) is 8.34. The summed E-state index contributed by atoms with van der Waals surface area (Å²) in [5, 5.41) is 0. The molecule has 0 amide bonds. The third kappa shape index (κ3) is 4.46. The van der Waals surface area contributed by atoms with Gasteiger partial charge >= 0.3 is 6.11 Å². The topological polar surface area (TPSA) is 9.23 Å². The number of halogens is 6. The summed E-state index contributed by atoms with van der Waals surface area (Å²) in [4.78, 5) is 0. The minimum absolute atomic E-state index is 0.00876. The fourth-order valence-electron chi connectivity index (χ4n) is 2.57. The molecule has 0 unspecified atom stereocenters. The maximum atomic E-state index is 14.3. The van der Waals surface area contributed by atoms with E-state index < -0.39 is 40.7 Å². The molecule has 0 atom stereocenters. The van der Waals surface area contributed by atoms with Gasteiger partial charge in [0.2, 0.25) is 5.82 Å². The van der Waals surface area contributed by atoms with E-state index in [1.54, 1.807) is 6.92 Å². The van der Waals surface area contributed by atoms with Crippen molar-refractivity contribution in [3.8, 4) is 5.75 Å². The highest BCUT2D eigenvalue weighted by Gasteiger charge is 2.40. The van der Waals surface area contributed by atoms with E-state index in [1.807, 2.05) is 0 Å². The van der Waals surface area contributed by atoms with Gasteiger partial charge in [-0.05, 0) is 42.5 Å². The van der Waals surface area contributed by atoms with Gasteiger partial charge in [0.05, 0.1) is 0 Å². The zero-order valence-electron chi connectivity index (χ0n) is 14.6. The number of hydrogen-bond acceptors (Lipinski definition) is 1. The third-order valence-electron chi connectivity index (χ3n) is 3.98. The molecule has 0 aliphatic heterocycles. The van der Waals surface area contributed by atoms with Gasteiger partial charge < -0.3 is 4.74 Å². The van der Waals surface area contributed by atoms with Gasteiger partial charge in [0.15, 0.2) is 23.2 Å². The molecule has 146 valence electrons. The zero-order chi connectivity index (χ0) is 20.2. The summed E-state index contributed by atoms with van der Waals surface area (Å²) in [6.45, 7) is 5.18. The third-order valence-corrected chi connectivity index (χ3v) is 3.98. The number of benzene rings is 2. The van der Waals surface area contributed by atoms with Crippen LogP contribution < -0.4 is 4.74 Å². The predicted molar refractivity (Wildman–Crippen MR) is 89.8 cm³/mol. The van der Waals surface area contributed by atoms with Crippen molar-refractivity contribution in [1.29, 1.82) is 0 Å². The van der Waals surface area contributed by atoms with Crippen molar-refractivity contribution in [3.63, 3.8) is 0 Å². The summed E-state index contributed by atoms with van der Waals surface area (Å²) in [5.41, 5.74) is -1.50. The molecule has 2 aromatic rings. The van der Waals surface area contributed by atoms with E-state index in [0.717, 1.165) is 18.2 Å². The van der Waals surface area contributed by atoms with E-state index in [2.05, 4.69) is 11.3 Å². The Hall–Kier alpha value is -2.44. The highest BCUT2D eigenvalue weighted by atomic mass is 19.3. The van der Waals surface area contributed by atoms with Crippen LogP contribution in [0, 0.1) is 23.3 Å². The Balaban J connectivity index is 2.35. The normalized spacial score (nSPS) is 11.5. The minimum Gasteiger partial charge on any atom is -0.426 e. The lowest BCUT2D eigenvalue weighted by atomic mass is 10.0. The Kier molecular flexibility index (Phi) is 6.57. The van der Waals surface area contributed by atoms with E-state index in [-0.39, 0.29) is 24.0 Å². The molecule has 0 heterocycles. The largest absolute Gasteiger partial charge is 0.429 e. The number of alkyl halides is 2. The molecule has 1 nitrogen and oxygen atoms in total. The SMILES string of the molecule is C=CCCc1ccc(C(F)(F)Oc2ccc(CCC)c(F)c2F)c(F)c1F. The lowest BCUT2D eigenvalue weighted by molar-refractivity contribution is -0.189. The highest BCUT2D eigenvalue weighted by Crippen LogP contribution is 2.36. The summed E-state index contributed by atoms with van der Waals surface area (Å²) in [7, 11) is 0. The molecule has 2 rings (SSSR count). The number of hydrogen-bond donors (Lipinski definition) is 0. The molecule has 27 heavy (non-hydrogen) atoms. The summed E-state index contributed by atoms with van der Waals surface area (Å²) in [5.74, 6) is -7.25. The molecule has 0 N–H and O–H groups in total. The second-order valence-corrected chi connectivity index (χ2v) is 5.95. The Morgan fingerprint density at radius 1 is 0.889 bits per heavy atom. The highest BCUT2D eigenvalue weighted by molar-refractivity contribution is 5.34. The second kappa shape index (κ2) is 8.50. The smallest absolute Gasteiger partial charge is 0.426 e. The Bertz CT molecular complexity index is 832. The van der Waals surface area contributed by atoms with Gasteiger partial charge in [0, 0.05) is 0 Å². The van der Waals surface area contributed by atoms with Crippen LogP contribution in [0.5, 0.6) is 5.75 Å². The monoisotopic (exact) mass is 388 g/mol. The lowest BCUT2D eigenvalue weighted by Crippen LogP contribution is -2.25. The molecular formula is C20H18F6O. The molecule has 0 saturated carbocycles. The number of allylic oxidation sites excluding steroid dienone is 1. The molecule has 0 fully saturated rings. The average molecular weight is 388 g/mol. The van der Waals surface area contributed by atoms with Crippen LogP contribution in [0.2, 0.25) is 0 Å². The zero-order valence-corrected chi connectivity index (χ0v) is 14.6. The van der Waals surface area contributed by atoms with E-state index in [9.17, 15) is 26.3 Å². The number of rotatable bonds is 8. The van der Waals surface area contributed by atoms with Crippen molar-refractivity contribution in [2.75, 3.05) is 0 Å². The molecule has 0 aliphatic rings. The first-order valence-electron chi connectivity index (χ1n) is 8.34. The van der Waals surface area contributed by atoms with Crippen LogP contribution in [0.3, 0.4) is 0 Å². The first kappa shape index (κ1) is 20.9. The molecule has 0 aromatic heterocycles. The van der Waals surface area contributed by atoms with E-state index >= 15 is 0 Å².